The highest BCUT2D eigenvalue weighted by atomic mass is 16.1. The Labute approximate surface area is 197 Å². The number of anilines is 1. The lowest BCUT2D eigenvalue weighted by atomic mass is 10.0. The zero-order valence-corrected chi connectivity index (χ0v) is 19.5. The maximum absolute atomic E-state index is 12.9. The first-order chi connectivity index (χ1) is 16.4. The topological polar surface area (TPSA) is 116 Å². The Bertz CT molecular complexity index is 1420. The van der Waals surface area contributed by atoms with Crippen LogP contribution in [0.5, 0.6) is 0 Å². The molecule has 0 bridgehead atoms. The average molecular weight is 455 g/mol. The molecule has 0 aliphatic carbocycles. The van der Waals surface area contributed by atoms with Crippen molar-refractivity contribution in [2.24, 2.45) is 0 Å². The second-order valence-electron chi connectivity index (χ2n) is 8.91. The SMILES string of the molecule is Cc1c(C#N)cnc(C(=O)Nc2ccc3[nH]nc(-c4cnn(C5CCN(C)CC5)c4)c3c2)c1C. The van der Waals surface area contributed by atoms with E-state index in [4.69, 9.17) is 0 Å². The summed E-state index contributed by atoms with van der Waals surface area (Å²) in [5, 5.41) is 25.2. The number of hydrogen-bond donors (Lipinski definition) is 2. The number of amides is 1. The molecule has 1 fully saturated rings. The van der Waals surface area contributed by atoms with Gasteiger partial charge in [0.15, 0.2) is 0 Å². The Balaban J connectivity index is 1.40. The van der Waals surface area contributed by atoms with Crippen LogP contribution in [-0.2, 0) is 0 Å². The molecular formula is C25H26N8O. The van der Waals surface area contributed by atoms with E-state index < -0.39 is 0 Å². The molecule has 0 atom stereocenters. The van der Waals surface area contributed by atoms with Gasteiger partial charge in [-0.2, -0.15) is 15.5 Å². The lowest BCUT2D eigenvalue weighted by molar-refractivity contribution is 0.102. The molecule has 1 saturated heterocycles. The lowest BCUT2D eigenvalue weighted by Gasteiger charge is -2.28. The van der Waals surface area contributed by atoms with Crippen LogP contribution in [0.4, 0.5) is 5.69 Å². The number of nitrogens with one attached hydrogen (secondary N) is 2. The minimum absolute atomic E-state index is 0.309. The third-order valence-electron chi connectivity index (χ3n) is 6.74. The minimum atomic E-state index is -0.315. The third kappa shape index (κ3) is 3.93. The number of nitriles is 1. The predicted octanol–water partition coefficient (Wildman–Crippen LogP) is 3.83. The standard InChI is InChI=1S/C25H26N8O/c1-15-16(2)23(27-12-17(15)11-26)25(34)29-19-4-5-22-21(10-19)24(31-30-22)18-13-28-33(14-18)20-6-8-32(3)9-7-20/h4-5,10,12-14,20H,6-9H2,1-3H3,(H,29,34)(H,30,31). The Hall–Kier alpha value is -4.03. The first-order valence-corrected chi connectivity index (χ1v) is 11.3. The summed E-state index contributed by atoms with van der Waals surface area (Å²) in [5.74, 6) is -0.315. The molecule has 172 valence electrons. The van der Waals surface area contributed by atoms with Gasteiger partial charge in [-0.15, -0.1) is 0 Å². The summed E-state index contributed by atoms with van der Waals surface area (Å²) in [6.45, 7) is 5.77. The van der Waals surface area contributed by atoms with Crippen molar-refractivity contribution in [3.05, 3.63) is 59.2 Å². The summed E-state index contributed by atoms with van der Waals surface area (Å²) in [5.41, 5.74) is 5.50. The normalized spacial score (nSPS) is 14.9. The van der Waals surface area contributed by atoms with Crippen molar-refractivity contribution in [3.8, 4) is 17.3 Å². The molecular weight excluding hydrogens is 428 g/mol. The monoisotopic (exact) mass is 454 g/mol. The number of aromatic amines is 1. The van der Waals surface area contributed by atoms with Gasteiger partial charge in [-0.3, -0.25) is 14.6 Å². The molecule has 1 amide bonds. The molecule has 1 aliphatic heterocycles. The van der Waals surface area contributed by atoms with Gasteiger partial charge in [0.2, 0.25) is 0 Å². The van der Waals surface area contributed by atoms with Crippen molar-refractivity contribution in [1.29, 1.82) is 5.26 Å². The molecule has 0 unspecified atom stereocenters. The van der Waals surface area contributed by atoms with Crippen LogP contribution in [0.3, 0.4) is 0 Å². The fourth-order valence-electron chi connectivity index (χ4n) is 4.47. The van der Waals surface area contributed by atoms with Crippen molar-refractivity contribution in [1.82, 2.24) is 29.9 Å². The van der Waals surface area contributed by atoms with Crippen molar-refractivity contribution in [2.75, 3.05) is 25.5 Å². The number of likely N-dealkylation sites (tertiary alicyclic amines) is 1. The zero-order chi connectivity index (χ0) is 23.8. The van der Waals surface area contributed by atoms with Crippen LogP contribution >= 0.6 is 0 Å². The number of piperidine rings is 1. The Kier molecular flexibility index (Phi) is 5.59. The quantitative estimate of drug-likeness (QED) is 0.484. The Morgan fingerprint density at radius 3 is 2.76 bits per heavy atom. The molecule has 9 heteroatoms. The van der Waals surface area contributed by atoms with E-state index in [0.29, 0.717) is 28.6 Å². The molecule has 3 aromatic heterocycles. The van der Waals surface area contributed by atoms with E-state index in [1.807, 2.05) is 31.3 Å². The molecule has 0 spiro atoms. The van der Waals surface area contributed by atoms with Crippen LogP contribution in [0.1, 0.15) is 46.1 Å². The third-order valence-corrected chi connectivity index (χ3v) is 6.74. The van der Waals surface area contributed by atoms with Gasteiger partial charge >= 0.3 is 0 Å². The molecule has 4 aromatic rings. The lowest BCUT2D eigenvalue weighted by Crippen LogP contribution is -2.31. The Morgan fingerprint density at radius 2 is 2.00 bits per heavy atom. The average Bonchev–Trinajstić information content (AvgIpc) is 3.48. The van der Waals surface area contributed by atoms with Crippen LogP contribution in [0.15, 0.2) is 36.8 Å². The van der Waals surface area contributed by atoms with E-state index in [1.54, 1.807) is 6.92 Å². The van der Waals surface area contributed by atoms with Crippen LogP contribution in [0, 0.1) is 25.2 Å². The van der Waals surface area contributed by atoms with Crippen LogP contribution < -0.4 is 5.32 Å². The summed E-state index contributed by atoms with van der Waals surface area (Å²) in [4.78, 5) is 19.5. The van der Waals surface area contributed by atoms with Crippen LogP contribution in [-0.4, -0.2) is 55.9 Å². The summed E-state index contributed by atoms with van der Waals surface area (Å²) < 4.78 is 2.05. The van der Waals surface area contributed by atoms with Crippen molar-refractivity contribution < 1.29 is 4.79 Å². The van der Waals surface area contributed by atoms with E-state index in [9.17, 15) is 10.1 Å². The summed E-state index contributed by atoms with van der Waals surface area (Å²) in [6, 6.07) is 8.13. The number of carbonyl (C=O) groups is 1. The number of nitrogens with zero attached hydrogens (tertiary/aromatic N) is 6. The van der Waals surface area contributed by atoms with Gasteiger partial charge in [0, 0.05) is 29.0 Å². The van der Waals surface area contributed by atoms with E-state index in [2.05, 4.69) is 54.5 Å². The van der Waals surface area contributed by atoms with Gasteiger partial charge in [-0.1, -0.05) is 0 Å². The summed E-state index contributed by atoms with van der Waals surface area (Å²) >= 11 is 0. The van der Waals surface area contributed by atoms with Gasteiger partial charge in [0.1, 0.15) is 17.5 Å². The van der Waals surface area contributed by atoms with E-state index in [0.717, 1.165) is 53.7 Å². The number of aromatic nitrogens is 5. The fraction of sp³-hybridized carbons (Fsp3) is 0.320. The number of benzene rings is 1. The van der Waals surface area contributed by atoms with Gasteiger partial charge in [-0.25, -0.2) is 4.98 Å². The van der Waals surface area contributed by atoms with Gasteiger partial charge < -0.3 is 10.2 Å². The number of rotatable bonds is 4. The van der Waals surface area contributed by atoms with Gasteiger partial charge in [-0.05, 0) is 76.2 Å². The highest BCUT2D eigenvalue weighted by Gasteiger charge is 2.20. The molecule has 5 rings (SSSR count). The van der Waals surface area contributed by atoms with Gasteiger partial charge in [0.05, 0.1) is 23.3 Å². The number of pyridine rings is 1. The highest BCUT2D eigenvalue weighted by Crippen LogP contribution is 2.30. The van der Waals surface area contributed by atoms with E-state index >= 15 is 0 Å². The number of hydrogen-bond acceptors (Lipinski definition) is 6. The van der Waals surface area contributed by atoms with Crippen molar-refractivity contribution in [3.63, 3.8) is 0 Å². The zero-order valence-electron chi connectivity index (χ0n) is 19.5. The summed E-state index contributed by atoms with van der Waals surface area (Å²) in [7, 11) is 2.15. The first-order valence-electron chi connectivity index (χ1n) is 11.3. The second-order valence-corrected chi connectivity index (χ2v) is 8.91. The predicted molar refractivity (Wildman–Crippen MR) is 129 cm³/mol. The first kappa shape index (κ1) is 21.8. The van der Waals surface area contributed by atoms with Crippen molar-refractivity contribution in [2.45, 2.75) is 32.7 Å². The molecule has 0 saturated carbocycles. The molecule has 4 heterocycles. The maximum Gasteiger partial charge on any atom is 0.274 e. The van der Waals surface area contributed by atoms with E-state index in [1.165, 1.54) is 6.20 Å². The molecule has 2 N–H and O–H groups in total. The number of fused-ring (bicyclic) bond motifs is 1. The van der Waals surface area contributed by atoms with Crippen LogP contribution in [0.2, 0.25) is 0 Å². The number of H-pyrrole nitrogens is 1. The highest BCUT2D eigenvalue weighted by molar-refractivity contribution is 6.05. The Morgan fingerprint density at radius 1 is 1.21 bits per heavy atom. The van der Waals surface area contributed by atoms with Crippen LogP contribution in [0.25, 0.3) is 22.2 Å². The molecule has 0 radical (unpaired) electrons. The van der Waals surface area contributed by atoms with E-state index in [-0.39, 0.29) is 5.91 Å². The minimum Gasteiger partial charge on any atom is -0.321 e. The molecule has 9 nitrogen and oxygen atoms in total. The molecule has 34 heavy (non-hydrogen) atoms. The molecule has 1 aliphatic rings. The van der Waals surface area contributed by atoms with Gasteiger partial charge in [0.25, 0.3) is 5.91 Å². The smallest absolute Gasteiger partial charge is 0.274 e. The second kappa shape index (κ2) is 8.72. The largest absolute Gasteiger partial charge is 0.321 e. The van der Waals surface area contributed by atoms with Crippen molar-refractivity contribution >= 4 is 22.5 Å². The number of carbonyl (C=O) groups excluding carboxylic acids is 1. The fourth-order valence-corrected chi connectivity index (χ4v) is 4.47. The molecule has 1 aromatic carbocycles. The summed E-state index contributed by atoms with van der Waals surface area (Å²) in [6.07, 6.45) is 7.51. The maximum atomic E-state index is 12.9.